The third-order valence-electron chi connectivity index (χ3n) is 3.76. The standard InChI is InChI=1S/C15H24N2O2/c1-4-7-17-14(15(2)6-5-8-19-15)12-9-13(18-3)11-16-10-12/h9-11,14,17H,4-8H2,1-3H3. The third-order valence-corrected chi connectivity index (χ3v) is 3.76. The van der Waals surface area contributed by atoms with Crippen molar-refractivity contribution in [1.29, 1.82) is 0 Å². The van der Waals surface area contributed by atoms with E-state index in [2.05, 4.69) is 24.1 Å². The summed E-state index contributed by atoms with van der Waals surface area (Å²) in [6.07, 6.45) is 6.94. The molecule has 4 nitrogen and oxygen atoms in total. The fraction of sp³-hybridized carbons (Fsp3) is 0.667. The Hall–Kier alpha value is -1.13. The Morgan fingerprint density at radius 2 is 2.37 bits per heavy atom. The predicted molar refractivity (Wildman–Crippen MR) is 75.4 cm³/mol. The fourth-order valence-corrected chi connectivity index (χ4v) is 2.71. The summed E-state index contributed by atoms with van der Waals surface area (Å²) in [7, 11) is 1.67. The highest BCUT2D eigenvalue weighted by Crippen LogP contribution is 2.37. The fourth-order valence-electron chi connectivity index (χ4n) is 2.71. The van der Waals surface area contributed by atoms with E-state index in [9.17, 15) is 0 Å². The molecule has 2 unspecified atom stereocenters. The van der Waals surface area contributed by atoms with Crippen molar-refractivity contribution < 1.29 is 9.47 Å². The maximum Gasteiger partial charge on any atom is 0.137 e. The zero-order valence-corrected chi connectivity index (χ0v) is 12.1. The van der Waals surface area contributed by atoms with Gasteiger partial charge in [0, 0.05) is 12.8 Å². The van der Waals surface area contributed by atoms with Gasteiger partial charge in [-0.2, -0.15) is 0 Å². The predicted octanol–water partition coefficient (Wildman–Crippen LogP) is 2.70. The monoisotopic (exact) mass is 264 g/mol. The quantitative estimate of drug-likeness (QED) is 0.858. The first-order chi connectivity index (χ1) is 9.19. The van der Waals surface area contributed by atoms with E-state index >= 15 is 0 Å². The van der Waals surface area contributed by atoms with Crippen LogP contribution in [0.1, 0.15) is 44.7 Å². The lowest BCUT2D eigenvalue weighted by atomic mass is 9.88. The molecule has 2 atom stereocenters. The molecule has 1 saturated heterocycles. The molecule has 1 aliphatic heterocycles. The Labute approximate surface area is 115 Å². The van der Waals surface area contributed by atoms with E-state index in [1.807, 2.05) is 12.3 Å². The van der Waals surface area contributed by atoms with Crippen LogP contribution in [0.5, 0.6) is 5.75 Å². The van der Waals surface area contributed by atoms with Gasteiger partial charge in [0.15, 0.2) is 0 Å². The summed E-state index contributed by atoms with van der Waals surface area (Å²) in [5.74, 6) is 0.794. The molecule has 1 aromatic heterocycles. The highest BCUT2D eigenvalue weighted by atomic mass is 16.5. The van der Waals surface area contributed by atoms with Gasteiger partial charge >= 0.3 is 0 Å². The van der Waals surface area contributed by atoms with Gasteiger partial charge in [-0.05, 0) is 44.4 Å². The number of pyridine rings is 1. The van der Waals surface area contributed by atoms with Crippen LogP contribution < -0.4 is 10.1 Å². The van der Waals surface area contributed by atoms with E-state index in [4.69, 9.17) is 9.47 Å². The van der Waals surface area contributed by atoms with Gasteiger partial charge in [0.25, 0.3) is 0 Å². The lowest BCUT2D eigenvalue weighted by Gasteiger charge is -2.34. The zero-order valence-electron chi connectivity index (χ0n) is 12.1. The Morgan fingerprint density at radius 3 is 3.00 bits per heavy atom. The topological polar surface area (TPSA) is 43.4 Å². The first kappa shape index (κ1) is 14.3. The minimum absolute atomic E-state index is 0.150. The molecule has 0 saturated carbocycles. The molecule has 2 heterocycles. The van der Waals surface area contributed by atoms with Crippen molar-refractivity contribution in [2.75, 3.05) is 20.3 Å². The molecule has 1 aliphatic rings. The van der Waals surface area contributed by atoms with Gasteiger partial charge in [-0.3, -0.25) is 4.98 Å². The minimum atomic E-state index is -0.150. The van der Waals surface area contributed by atoms with Crippen molar-refractivity contribution in [3.05, 3.63) is 24.0 Å². The third kappa shape index (κ3) is 3.25. The molecule has 106 valence electrons. The van der Waals surface area contributed by atoms with Gasteiger partial charge in [0.1, 0.15) is 5.75 Å². The van der Waals surface area contributed by atoms with Crippen molar-refractivity contribution in [2.45, 2.75) is 44.8 Å². The van der Waals surface area contributed by atoms with Crippen molar-refractivity contribution in [3.63, 3.8) is 0 Å². The van der Waals surface area contributed by atoms with E-state index in [0.717, 1.165) is 43.7 Å². The molecule has 2 rings (SSSR count). The summed E-state index contributed by atoms with van der Waals surface area (Å²) < 4.78 is 11.3. The summed E-state index contributed by atoms with van der Waals surface area (Å²) in [5, 5.41) is 3.60. The lowest BCUT2D eigenvalue weighted by Crippen LogP contribution is -2.41. The summed E-state index contributed by atoms with van der Waals surface area (Å²) in [4.78, 5) is 4.27. The second kappa shape index (κ2) is 6.35. The number of aromatic nitrogens is 1. The first-order valence-electron chi connectivity index (χ1n) is 7.06. The Kier molecular flexibility index (Phi) is 4.77. The van der Waals surface area contributed by atoms with Gasteiger partial charge in [0.05, 0.1) is 24.9 Å². The van der Waals surface area contributed by atoms with Gasteiger partial charge < -0.3 is 14.8 Å². The highest BCUT2D eigenvalue weighted by Gasteiger charge is 2.39. The van der Waals surface area contributed by atoms with E-state index in [-0.39, 0.29) is 11.6 Å². The highest BCUT2D eigenvalue weighted by molar-refractivity contribution is 5.28. The van der Waals surface area contributed by atoms with Crippen LogP contribution in [-0.2, 0) is 4.74 Å². The second-order valence-corrected chi connectivity index (χ2v) is 5.31. The molecule has 1 fully saturated rings. The van der Waals surface area contributed by atoms with Crippen LogP contribution >= 0.6 is 0 Å². The van der Waals surface area contributed by atoms with Crippen LogP contribution in [0.3, 0.4) is 0 Å². The van der Waals surface area contributed by atoms with E-state index < -0.39 is 0 Å². The SMILES string of the molecule is CCCNC(c1cncc(OC)c1)C1(C)CCCO1. The minimum Gasteiger partial charge on any atom is -0.495 e. The lowest BCUT2D eigenvalue weighted by molar-refractivity contribution is -0.0125. The van der Waals surface area contributed by atoms with E-state index in [1.165, 1.54) is 0 Å². The smallest absolute Gasteiger partial charge is 0.137 e. The Balaban J connectivity index is 2.25. The molecule has 0 spiro atoms. The molecule has 1 aromatic rings. The molecular formula is C15H24N2O2. The average molecular weight is 264 g/mol. The maximum absolute atomic E-state index is 6.00. The Morgan fingerprint density at radius 1 is 1.53 bits per heavy atom. The van der Waals surface area contributed by atoms with Crippen molar-refractivity contribution >= 4 is 0 Å². The van der Waals surface area contributed by atoms with Gasteiger partial charge in [0.2, 0.25) is 0 Å². The van der Waals surface area contributed by atoms with E-state index in [0.29, 0.717) is 0 Å². The van der Waals surface area contributed by atoms with E-state index in [1.54, 1.807) is 13.3 Å². The normalized spacial score (nSPS) is 24.4. The van der Waals surface area contributed by atoms with Crippen LogP contribution in [0.15, 0.2) is 18.5 Å². The van der Waals surface area contributed by atoms with Crippen LogP contribution in [0.25, 0.3) is 0 Å². The van der Waals surface area contributed by atoms with Crippen LogP contribution in [0.2, 0.25) is 0 Å². The number of nitrogens with one attached hydrogen (secondary N) is 1. The van der Waals surface area contributed by atoms with Crippen molar-refractivity contribution in [2.24, 2.45) is 0 Å². The first-order valence-corrected chi connectivity index (χ1v) is 7.06. The number of ether oxygens (including phenoxy) is 2. The van der Waals surface area contributed by atoms with Crippen molar-refractivity contribution in [3.8, 4) is 5.75 Å². The zero-order chi connectivity index (χ0) is 13.7. The number of methoxy groups -OCH3 is 1. The summed E-state index contributed by atoms with van der Waals surface area (Å²) in [6, 6.07) is 2.21. The molecule has 0 aromatic carbocycles. The number of rotatable bonds is 6. The average Bonchev–Trinajstić information content (AvgIpc) is 2.87. The summed E-state index contributed by atoms with van der Waals surface area (Å²) in [6.45, 7) is 6.18. The summed E-state index contributed by atoms with van der Waals surface area (Å²) >= 11 is 0. The van der Waals surface area contributed by atoms with Crippen LogP contribution in [-0.4, -0.2) is 30.8 Å². The van der Waals surface area contributed by atoms with Crippen LogP contribution in [0, 0.1) is 0 Å². The number of hydrogen-bond donors (Lipinski definition) is 1. The van der Waals surface area contributed by atoms with Crippen molar-refractivity contribution in [1.82, 2.24) is 10.3 Å². The Bertz CT molecular complexity index is 403. The number of hydrogen-bond acceptors (Lipinski definition) is 4. The second-order valence-electron chi connectivity index (χ2n) is 5.31. The molecule has 0 radical (unpaired) electrons. The van der Waals surface area contributed by atoms with Crippen LogP contribution in [0.4, 0.5) is 0 Å². The molecule has 0 bridgehead atoms. The molecule has 0 amide bonds. The van der Waals surface area contributed by atoms with Gasteiger partial charge in [-0.1, -0.05) is 6.92 Å². The largest absolute Gasteiger partial charge is 0.495 e. The molecule has 19 heavy (non-hydrogen) atoms. The molecule has 4 heteroatoms. The molecule has 0 aliphatic carbocycles. The van der Waals surface area contributed by atoms with Gasteiger partial charge in [-0.15, -0.1) is 0 Å². The molecular weight excluding hydrogens is 240 g/mol. The number of nitrogens with zero attached hydrogens (tertiary/aromatic N) is 1. The van der Waals surface area contributed by atoms with Gasteiger partial charge in [-0.25, -0.2) is 0 Å². The molecule has 1 N–H and O–H groups in total. The maximum atomic E-state index is 6.00. The summed E-state index contributed by atoms with van der Waals surface area (Å²) in [5.41, 5.74) is 0.987.